The first-order chi connectivity index (χ1) is 7.09. The number of carbonyl (C=O) groups excluding carboxylic acids is 1. The Morgan fingerprint density at radius 1 is 1.27 bits per heavy atom. The highest BCUT2D eigenvalue weighted by molar-refractivity contribution is 5.82. The molecule has 3 nitrogen and oxygen atoms in total. The van der Waals surface area contributed by atoms with Gasteiger partial charge in [0.1, 0.15) is 0 Å². The third kappa shape index (κ3) is 2.03. The Labute approximate surface area is 92.0 Å². The predicted octanol–water partition coefficient (Wildman–Crippen LogP) is 1.23. The van der Waals surface area contributed by atoms with E-state index in [2.05, 4.69) is 0 Å². The fraction of sp³-hybridized carbons (Fsp3) is 0.917. The van der Waals surface area contributed by atoms with Crippen LogP contribution in [0, 0.1) is 17.8 Å². The molecule has 0 aromatic rings. The van der Waals surface area contributed by atoms with Crippen LogP contribution in [0.5, 0.6) is 0 Å². The second-order valence-electron chi connectivity index (χ2n) is 5.46. The Morgan fingerprint density at radius 2 is 1.80 bits per heavy atom. The summed E-state index contributed by atoms with van der Waals surface area (Å²) in [5.41, 5.74) is 5.90. The number of carbonyl (C=O) groups is 1. The molecule has 15 heavy (non-hydrogen) atoms. The molecule has 1 amide bonds. The number of nitrogens with two attached hydrogens (primary N) is 1. The molecule has 0 spiro atoms. The van der Waals surface area contributed by atoms with Gasteiger partial charge in [0.15, 0.2) is 0 Å². The Balaban J connectivity index is 1.93. The van der Waals surface area contributed by atoms with E-state index in [1.807, 2.05) is 18.7 Å². The average molecular weight is 210 g/mol. The molecule has 0 bridgehead atoms. The van der Waals surface area contributed by atoms with Gasteiger partial charge in [-0.05, 0) is 30.6 Å². The van der Waals surface area contributed by atoms with E-state index >= 15 is 0 Å². The van der Waals surface area contributed by atoms with Crippen LogP contribution in [0.25, 0.3) is 0 Å². The summed E-state index contributed by atoms with van der Waals surface area (Å²) < 4.78 is 0. The zero-order valence-electron chi connectivity index (χ0n) is 9.78. The van der Waals surface area contributed by atoms with E-state index in [0.29, 0.717) is 0 Å². The molecule has 3 atom stereocenters. The van der Waals surface area contributed by atoms with E-state index in [9.17, 15) is 4.79 Å². The van der Waals surface area contributed by atoms with Gasteiger partial charge in [0.05, 0.1) is 6.04 Å². The summed E-state index contributed by atoms with van der Waals surface area (Å²) in [5, 5.41) is 0. The number of hydrogen-bond acceptors (Lipinski definition) is 2. The predicted molar refractivity (Wildman–Crippen MR) is 60.2 cm³/mol. The average Bonchev–Trinajstić information content (AvgIpc) is 2.74. The summed E-state index contributed by atoms with van der Waals surface area (Å²) in [6.45, 7) is 5.95. The molecule has 2 rings (SSSR count). The third-order valence-corrected chi connectivity index (χ3v) is 4.04. The number of amides is 1. The van der Waals surface area contributed by atoms with E-state index < -0.39 is 0 Å². The minimum atomic E-state index is -0.302. The summed E-state index contributed by atoms with van der Waals surface area (Å²) >= 11 is 0. The lowest BCUT2D eigenvalue weighted by atomic mass is 10.0. The van der Waals surface area contributed by atoms with Gasteiger partial charge in [-0.1, -0.05) is 20.3 Å². The monoisotopic (exact) mass is 210 g/mol. The molecular formula is C12H22N2O. The zero-order chi connectivity index (χ0) is 11.0. The largest absolute Gasteiger partial charge is 0.341 e. The maximum atomic E-state index is 12.0. The molecule has 1 saturated carbocycles. The Bertz CT molecular complexity index is 240. The molecule has 3 heteroatoms. The van der Waals surface area contributed by atoms with Crippen LogP contribution < -0.4 is 5.73 Å². The van der Waals surface area contributed by atoms with Crippen LogP contribution in [-0.4, -0.2) is 29.9 Å². The van der Waals surface area contributed by atoms with E-state index in [1.54, 1.807) is 0 Å². The number of nitrogens with zero attached hydrogens (tertiary/aromatic N) is 1. The fourth-order valence-electron chi connectivity index (χ4n) is 2.91. The van der Waals surface area contributed by atoms with Gasteiger partial charge in [-0.3, -0.25) is 4.79 Å². The van der Waals surface area contributed by atoms with Crippen molar-refractivity contribution >= 4 is 5.91 Å². The van der Waals surface area contributed by atoms with Crippen molar-refractivity contribution in [2.75, 3.05) is 13.1 Å². The molecule has 0 aromatic heterocycles. The maximum absolute atomic E-state index is 12.0. The molecule has 1 aliphatic heterocycles. The molecule has 2 fully saturated rings. The van der Waals surface area contributed by atoms with Crippen molar-refractivity contribution < 1.29 is 4.79 Å². The summed E-state index contributed by atoms with van der Waals surface area (Å²) in [6.07, 6.45) is 3.98. The van der Waals surface area contributed by atoms with Crippen molar-refractivity contribution in [1.29, 1.82) is 0 Å². The van der Waals surface area contributed by atoms with E-state index in [-0.39, 0.29) is 17.9 Å². The molecule has 2 N–H and O–H groups in total. The Kier molecular flexibility index (Phi) is 3.01. The Hall–Kier alpha value is -0.570. The van der Waals surface area contributed by atoms with Crippen LogP contribution in [0.2, 0.25) is 0 Å². The normalized spacial score (nSPS) is 32.1. The standard InChI is InChI=1S/C12H22N2O/c1-8(2)11(13)12(15)14-6-9-4-3-5-10(9)7-14/h8-11H,3-7,13H2,1-2H3/t9?,10?,11-/m0/s1. The lowest BCUT2D eigenvalue weighted by Gasteiger charge is -2.23. The second-order valence-corrected chi connectivity index (χ2v) is 5.46. The van der Waals surface area contributed by atoms with Crippen LogP contribution in [-0.2, 0) is 4.79 Å². The van der Waals surface area contributed by atoms with Crippen LogP contribution in [0.4, 0.5) is 0 Å². The van der Waals surface area contributed by atoms with Crippen molar-refractivity contribution in [3.63, 3.8) is 0 Å². The van der Waals surface area contributed by atoms with Crippen LogP contribution in [0.1, 0.15) is 33.1 Å². The van der Waals surface area contributed by atoms with Crippen molar-refractivity contribution in [3.8, 4) is 0 Å². The second kappa shape index (κ2) is 4.12. The molecule has 1 heterocycles. The smallest absolute Gasteiger partial charge is 0.239 e. The summed E-state index contributed by atoms with van der Waals surface area (Å²) in [5.74, 6) is 1.96. The first-order valence-corrected chi connectivity index (χ1v) is 6.14. The SMILES string of the molecule is CC(C)[C@H](N)C(=O)N1CC2CCCC2C1. The van der Waals surface area contributed by atoms with Crippen molar-refractivity contribution in [2.24, 2.45) is 23.5 Å². The maximum Gasteiger partial charge on any atom is 0.239 e. The fourth-order valence-corrected chi connectivity index (χ4v) is 2.91. The molecule has 2 aliphatic rings. The Morgan fingerprint density at radius 3 is 2.27 bits per heavy atom. The van der Waals surface area contributed by atoms with Gasteiger partial charge >= 0.3 is 0 Å². The van der Waals surface area contributed by atoms with Gasteiger partial charge in [0.25, 0.3) is 0 Å². The van der Waals surface area contributed by atoms with Gasteiger partial charge in [0.2, 0.25) is 5.91 Å². The van der Waals surface area contributed by atoms with E-state index in [1.165, 1.54) is 19.3 Å². The molecular weight excluding hydrogens is 188 g/mol. The molecule has 2 unspecified atom stereocenters. The van der Waals surface area contributed by atoms with E-state index in [4.69, 9.17) is 5.73 Å². The first kappa shape index (κ1) is 10.9. The zero-order valence-corrected chi connectivity index (χ0v) is 9.78. The highest BCUT2D eigenvalue weighted by Crippen LogP contribution is 2.37. The third-order valence-electron chi connectivity index (χ3n) is 4.04. The summed E-state index contributed by atoms with van der Waals surface area (Å²) in [7, 11) is 0. The number of rotatable bonds is 2. The highest BCUT2D eigenvalue weighted by atomic mass is 16.2. The van der Waals surface area contributed by atoms with Crippen LogP contribution >= 0.6 is 0 Å². The molecule has 0 aromatic carbocycles. The molecule has 1 aliphatic carbocycles. The van der Waals surface area contributed by atoms with Crippen molar-refractivity contribution in [2.45, 2.75) is 39.2 Å². The van der Waals surface area contributed by atoms with Crippen LogP contribution in [0.15, 0.2) is 0 Å². The quantitative estimate of drug-likeness (QED) is 0.745. The topological polar surface area (TPSA) is 46.3 Å². The molecule has 1 saturated heterocycles. The van der Waals surface area contributed by atoms with Crippen molar-refractivity contribution in [1.82, 2.24) is 4.90 Å². The summed E-state index contributed by atoms with van der Waals surface area (Å²) in [4.78, 5) is 14.0. The highest BCUT2D eigenvalue weighted by Gasteiger charge is 2.39. The summed E-state index contributed by atoms with van der Waals surface area (Å²) in [6, 6.07) is -0.302. The number of fused-ring (bicyclic) bond motifs is 1. The van der Waals surface area contributed by atoms with Crippen molar-refractivity contribution in [3.05, 3.63) is 0 Å². The molecule has 0 radical (unpaired) electrons. The van der Waals surface area contributed by atoms with Gasteiger partial charge in [-0.25, -0.2) is 0 Å². The van der Waals surface area contributed by atoms with Gasteiger partial charge in [-0.2, -0.15) is 0 Å². The van der Waals surface area contributed by atoms with Gasteiger partial charge < -0.3 is 10.6 Å². The van der Waals surface area contributed by atoms with E-state index in [0.717, 1.165) is 24.9 Å². The van der Waals surface area contributed by atoms with Crippen LogP contribution in [0.3, 0.4) is 0 Å². The minimum Gasteiger partial charge on any atom is -0.341 e. The first-order valence-electron chi connectivity index (χ1n) is 6.14. The minimum absolute atomic E-state index is 0.166. The lowest BCUT2D eigenvalue weighted by molar-refractivity contribution is -0.132. The van der Waals surface area contributed by atoms with Gasteiger partial charge in [0, 0.05) is 13.1 Å². The number of hydrogen-bond donors (Lipinski definition) is 1. The number of likely N-dealkylation sites (tertiary alicyclic amines) is 1. The van der Waals surface area contributed by atoms with Gasteiger partial charge in [-0.15, -0.1) is 0 Å². The molecule has 86 valence electrons. The lowest BCUT2D eigenvalue weighted by Crippen LogP contribution is -2.45.